The molecule has 2 aromatic carbocycles. The van der Waals surface area contributed by atoms with Crippen molar-refractivity contribution in [2.75, 3.05) is 5.73 Å². The van der Waals surface area contributed by atoms with Gasteiger partial charge in [-0.1, -0.05) is 18.2 Å². The quantitative estimate of drug-likeness (QED) is 0.694. The Hall–Kier alpha value is -3.17. The molecule has 0 fully saturated rings. The summed E-state index contributed by atoms with van der Waals surface area (Å²) in [4.78, 5) is 12.0. The van der Waals surface area contributed by atoms with E-state index in [1.54, 1.807) is 30.3 Å². The maximum atomic E-state index is 13.7. The number of nitriles is 1. The van der Waals surface area contributed by atoms with E-state index < -0.39 is 11.8 Å². The number of thiophene rings is 1. The molecule has 0 bridgehead atoms. The van der Waals surface area contributed by atoms with Crippen molar-refractivity contribution in [3.8, 4) is 27.6 Å². The Morgan fingerprint density at radius 2 is 1.88 bits per heavy atom. The monoisotopic (exact) mass is 338 g/mol. The lowest BCUT2D eigenvalue weighted by Gasteiger charge is -2.07. The van der Waals surface area contributed by atoms with Gasteiger partial charge in [0.25, 0.3) is 0 Å². The van der Waals surface area contributed by atoms with Crippen LogP contribution in [0.5, 0.6) is 0 Å². The number of nitrogens with zero attached hydrogens (tertiary/aromatic N) is 1. The Kier molecular flexibility index (Phi) is 4.02. The van der Waals surface area contributed by atoms with Crippen molar-refractivity contribution < 1.29 is 14.3 Å². The number of hydrogen-bond acceptors (Lipinski definition) is 4. The molecule has 1 heterocycles. The SMILES string of the molecule is N#Cc1cc(-c2ccc(C(=O)O)s2)ccc1-c1ccc(N)c(F)c1. The molecule has 0 amide bonds. The number of halogens is 1. The molecule has 0 radical (unpaired) electrons. The lowest BCUT2D eigenvalue weighted by Crippen LogP contribution is -1.92. The maximum absolute atomic E-state index is 13.7. The molecule has 1 aromatic heterocycles. The van der Waals surface area contributed by atoms with Crippen LogP contribution in [0.2, 0.25) is 0 Å². The van der Waals surface area contributed by atoms with Crippen molar-refractivity contribution in [3.63, 3.8) is 0 Å². The van der Waals surface area contributed by atoms with Crippen LogP contribution in [-0.2, 0) is 0 Å². The third-order valence-corrected chi connectivity index (χ3v) is 4.68. The minimum Gasteiger partial charge on any atom is -0.477 e. The number of anilines is 1. The zero-order valence-electron chi connectivity index (χ0n) is 12.3. The average molecular weight is 338 g/mol. The van der Waals surface area contributed by atoms with Crippen LogP contribution in [0.15, 0.2) is 48.5 Å². The number of benzene rings is 2. The zero-order valence-corrected chi connectivity index (χ0v) is 13.1. The van der Waals surface area contributed by atoms with Gasteiger partial charge in [-0.3, -0.25) is 0 Å². The van der Waals surface area contributed by atoms with Crippen LogP contribution >= 0.6 is 11.3 Å². The van der Waals surface area contributed by atoms with Gasteiger partial charge in [-0.15, -0.1) is 11.3 Å². The van der Waals surface area contributed by atoms with Crippen LogP contribution in [0.4, 0.5) is 10.1 Å². The largest absolute Gasteiger partial charge is 0.477 e. The first kappa shape index (κ1) is 15.7. The minimum absolute atomic E-state index is 0.0497. The molecule has 0 aliphatic carbocycles. The first-order valence-corrected chi connectivity index (χ1v) is 7.74. The summed E-state index contributed by atoms with van der Waals surface area (Å²) >= 11 is 1.13. The van der Waals surface area contributed by atoms with E-state index in [4.69, 9.17) is 10.8 Å². The number of carbonyl (C=O) groups is 1. The molecule has 0 unspecified atom stereocenters. The first-order chi connectivity index (χ1) is 11.5. The molecule has 0 aliphatic heterocycles. The molecule has 0 aliphatic rings. The summed E-state index contributed by atoms with van der Waals surface area (Å²) < 4.78 is 13.7. The highest BCUT2D eigenvalue weighted by atomic mass is 32.1. The van der Waals surface area contributed by atoms with Gasteiger partial charge in [0.15, 0.2) is 0 Å². The molecule has 3 aromatic rings. The van der Waals surface area contributed by atoms with Crippen LogP contribution in [0.3, 0.4) is 0 Å². The van der Waals surface area contributed by atoms with E-state index in [0.29, 0.717) is 16.7 Å². The van der Waals surface area contributed by atoms with Crippen molar-refractivity contribution in [3.05, 3.63) is 64.8 Å². The smallest absolute Gasteiger partial charge is 0.345 e. The Labute approximate surface area is 141 Å². The van der Waals surface area contributed by atoms with Gasteiger partial charge in [0, 0.05) is 4.88 Å². The van der Waals surface area contributed by atoms with Crippen LogP contribution in [0.1, 0.15) is 15.2 Å². The number of aromatic carboxylic acids is 1. The topological polar surface area (TPSA) is 87.1 Å². The highest BCUT2D eigenvalue weighted by Gasteiger charge is 2.12. The predicted octanol–water partition coefficient (Wildman–Crippen LogP) is 4.37. The van der Waals surface area contributed by atoms with Gasteiger partial charge in [-0.2, -0.15) is 5.26 Å². The van der Waals surface area contributed by atoms with E-state index in [1.165, 1.54) is 18.2 Å². The van der Waals surface area contributed by atoms with Gasteiger partial charge >= 0.3 is 5.97 Å². The number of nitrogens with two attached hydrogens (primary N) is 1. The summed E-state index contributed by atoms with van der Waals surface area (Å²) in [5.41, 5.74) is 7.79. The summed E-state index contributed by atoms with van der Waals surface area (Å²) in [6.07, 6.45) is 0. The molecule has 118 valence electrons. The minimum atomic E-state index is -0.985. The second-order valence-corrected chi connectivity index (χ2v) is 6.16. The fraction of sp³-hybridized carbons (Fsp3) is 0. The van der Waals surface area contributed by atoms with Gasteiger partial charge in [-0.05, 0) is 47.0 Å². The van der Waals surface area contributed by atoms with Gasteiger partial charge in [0.2, 0.25) is 0 Å². The molecule has 0 spiro atoms. The fourth-order valence-corrected chi connectivity index (χ4v) is 3.19. The van der Waals surface area contributed by atoms with Crippen LogP contribution in [0.25, 0.3) is 21.6 Å². The first-order valence-electron chi connectivity index (χ1n) is 6.92. The summed E-state index contributed by atoms with van der Waals surface area (Å²) in [7, 11) is 0. The van der Waals surface area contributed by atoms with Crippen molar-refractivity contribution in [1.82, 2.24) is 0 Å². The van der Waals surface area contributed by atoms with Gasteiger partial charge in [0.1, 0.15) is 10.7 Å². The van der Waals surface area contributed by atoms with Crippen LogP contribution in [0, 0.1) is 17.1 Å². The van der Waals surface area contributed by atoms with Gasteiger partial charge < -0.3 is 10.8 Å². The molecule has 0 saturated heterocycles. The molecule has 3 rings (SSSR count). The van der Waals surface area contributed by atoms with Crippen LogP contribution in [-0.4, -0.2) is 11.1 Å². The van der Waals surface area contributed by atoms with Crippen molar-refractivity contribution in [2.24, 2.45) is 0 Å². The predicted molar refractivity (Wildman–Crippen MR) is 91.2 cm³/mol. The summed E-state index contributed by atoms with van der Waals surface area (Å²) in [6, 6.07) is 14.9. The van der Waals surface area contributed by atoms with E-state index >= 15 is 0 Å². The third kappa shape index (κ3) is 2.85. The van der Waals surface area contributed by atoms with Gasteiger partial charge in [-0.25, -0.2) is 9.18 Å². The molecule has 0 saturated carbocycles. The third-order valence-electron chi connectivity index (χ3n) is 3.55. The maximum Gasteiger partial charge on any atom is 0.345 e. The normalized spacial score (nSPS) is 10.3. The molecule has 4 nitrogen and oxygen atoms in total. The molecule has 24 heavy (non-hydrogen) atoms. The van der Waals surface area contributed by atoms with Crippen LogP contribution < -0.4 is 5.73 Å². The molecule has 3 N–H and O–H groups in total. The number of hydrogen-bond donors (Lipinski definition) is 2. The molecular formula is C18H11FN2O2S. The number of rotatable bonds is 3. The number of carboxylic acid groups (broad SMARTS) is 1. The average Bonchev–Trinajstić information content (AvgIpc) is 3.07. The summed E-state index contributed by atoms with van der Waals surface area (Å²) in [6.45, 7) is 0. The summed E-state index contributed by atoms with van der Waals surface area (Å²) in [5.74, 6) is -1.52. The Balaban J connectivity index is 2.06. The van der Waals surface area contributed by atoms with Crippen molar-refractivity contribution in [2.45, 2.75) is 0 Å². The standard InChI is InChI=1S/C18H11FN2O2S/c19-14-8-10(2-4-15(14)21)13-3-1-11(7-12(13)9-20)16-5-6-17(24-16)18(22)23/h1-8H,21H2,(H,22,23). The lowest BCUT2D eigenvalue weighted by atomic mass is 9.97. The highest BCUT2D eigenvalue weighted by molar-refractivity contribution is 7.17. The van der Waals surface area contributed by atoms with E-state index in [2.05, 4.69) is 6.07 Å². The van der Waals surface area contributed by atoms with E-state index in [1.807, 2.05) is 0 Å². The summed E-state index contributed by atoms with van der Waals surface area (Å²) in [5, 5.41) is 18.4. The number of nitrogen functional groups attached to an aromatic ring is 1. The second kappa shape index (κ2) is 6.14. The van der Waals surface area contributed by atoms with Crippen molar-refractivity contribution >= 4 is 23.0 Å². The Morgan fingerprint density at radius 3 is 2.50 bits per heavy atom. The lowest BCUT2D eigenvalue weighted by molar-refractivity contribution is 0.0702. The highest BCUT2D eigenvalue weighted by Crippen LogP contribution is 2.33. The number of carboxylic acids is 1. The zero-order chi connectivity index (χ0) is 17.3. The van der Waals surface area contributed by atoms with E-state index in [-0.39, 0.29) is 10.6 Å². The molecule has 0 atom stereocenters. The Bertz CT molecular complexity index is 989. The fourth-order valence-electron chi connectivity index (χ4n) is 2.34. The molecule has 6 heteroatoms. The van der Waals surface area contributed by atoms with Crippen molar-refractivity contribution in [1.29, 1.82) is 5.26 Å². The van der Waals surface area contributed by atoms with Gasteiger partial charge in [0.05, 0.1) is 17.3 Å². The molecular weight excluding hydrogens is 327 g/mol. The second-order valence-electron chi connectivity index (χ2n) is 5.08. The van der Waals surface area contributed by atoms with E-state index in [9.17, 15) is 14.4 Å². The van der Waals surface area contributed by atoms with E-state index in [0.717, 1.165) is 21.8 Å². The Morgan fingerprint density at radius 1 is 1.12 bits per heavy atom.